The molecule has 2 N–H and O–H groups in total. The summed E-state index contributed by atoms with van der Waals surface area (Å²) in [4.78, 5) is 25.7. The lowest BCUT2D eigenvalue weighted by Crippen LogP contribution is -2.45. The topological polar surface area (TPSA) is 61.4 Å². The van der Waals surface area contributed by atoms with E-state index in [4.69, 9.17) is 11.6 Å². The van der Waals surface area contributed by atoms with Gasteiger partial charge in [0.25, 0.3) is 0 Å². The highest BCUT2D eigenvalue weighted by Crippen LogP contribution is 2.29. The molecule has 0 spiro atoms. The van der Waals surface area contributed by atoms with E-state index < -0.39 is 6.03 Å². The number of carbonyl (C=O) groups excluding carboxylic acids is 2. The summed E-state index contributed by atoms with van der Waals surface area (Å²) in [6.07, 6.45) is 4.85. The van der Waals surface area contributed by atoms with Gasteiger partial charge in [-0.3, -0.25) is 15.0 Å². The van der Waals surface area contributed by atoms with Crippen LogP contribution in [0.3, 0.4) is 0 Å². The average Bonchev–Trinajstić information content (AvgIpc) is 3.36. The van der Waals surface area contributed by atoms with Crippen molar-refractivity contribution in [3.8, 4) is 0 Å². The molecule has 3 amide bonds. The number of hydrogen-bond acceptors (Lipinski definition) is 3. The zero-order valence-corrected chi connectivity index (χ0v) is 14.5. The van der Waals surface area contributed by atoms with Crippen molar-refractivity contribution in [2.75, 3.05) is 26.2 Å². The third kappa shape index (κ3) is 7.15. The number of amides is 3. The van der Waals surface area contributed by atoms with Crippen LogP contribution in [-0.4, -0.2) is 43.0 Å². The standard InChI is InChI=1S/C18H24ClN3O2/c1-2-10-20-18(24)21-17(23)13-22(12-15-3-4-15)11-9-14-5-7-16(19)8-6-14/h2,5-8,15H,1,3-4,9-13H2,(H2,20,21,23,24). The van der Waals surface area contributed by atoms with Gasteiger partial charge in [0, 0.05) is 24.7 Å². The first-order valence-corrected chi connectivity index (χ1v) is 8.60. The van der Waals surface area contributed by atoms with Gasteiger partial charge in [0.2, 0.25) is 5.91 Å². The van der Waals surface area contributed by atoms with E-state index in [1.54, 1.807) is 6.08 Å². The van der Waals surface area contributed by atoms with Crippen LogP contribution in [0.25, 0.3) is 0 Å². The normalized spacial score (nSPS) is 13.6. The molecule has 1 aromatic carbocycles. The highest BCUT2D eigenvalue weighted by Gasteiger charge is 2.25. The van der Waals surface area contributed by atoms with Gasteiger partial charge in [-0.2, -0.15) is 0 Å². The van der Waals surface area contributed by atoms with E-state index >= 15 is 0 Å². The fourth-order valence-electron chi connectivity index (χ4n) is 2.42. The van der Waals surface area contributed by atoms with E-state index in [0.717, 1.165) is 24.5 Å². The van der Waals surface area contributed by atoms with Gasteiger partial charge in [0.1, 0.15) is 0 Å². The van der Waals surface area contributed by atoms with Crippen LogP contribution in [0, 0.1) is 5.92 Å². The minimum Gasteiger partial charge on any atom is -0.334 e. The van der Waals surface area contributed by atoms with Crippen LogP contribution in [0.1, 0.15) is 18.4 Å². The Kier molecular flexibility index (Phi) is 7.28. The lowest BCUT2D eigenvalue weighted by Gasteiger charge is -2.21. The van der Waals surface area contributed by atoms with Gasteiger partial charge in [0.15, 0.2) is 0 Å². The molecule has 0 bridgehead atoms. The smallest absolute Gasteiger partial charge is 0.321 e. The molecule has 1 fully saturated rings. The van der Waals surface area contributed by atoms with Gasteiger partial charge in [-0.15, -0.1) is 6.58 Å². The molecule has 0 atom stereocenters. The van der Waals surface area contributed by atoms with Crippen molar-refractivity contribution in [3.05, 3.63) is 47.5 Å². The molecular weight excluding hydrogens is 326 g/mol. The summed E-state index contributed by atoms with van der Waals surface area (Å²) in [6.45, 7) is 5.75. The quantitative estimate of drug-likeness (QED) is 0.674. The van der Waals surface area contributed by atoms with Crippen molar-refractivity contribution in [2.45, 2.75) is 19.3 Å². The fraction of sp³-hybridized carbons (Fsp3) is 0.444. The molecular formula is C18H24ClN3O2. The van der Waals surface area contributed by atoms with E-state index in [0.29, 0.717) is 12.5 Å². The summed E-state index contributed by atoms with van der Waals surface area (Å²) in [5.41, 5.74) is 1.18. The molecule has 0 saturated heterocycles. The molecule has 1 aliphatic carbocycles. The Bertz CT molecular complexity index is 570. The average molecular weight is 350 g/mol. The maximum Gasteiger partial charge on any atom is 0.321 e. The fourth-order valence-corrected chi connectivity index (χ4v) is 2.54. The van der Waals surface area contributed by atoms with E-state index in [-0.39, 0.29) is 12.5 Å². The Morgan fingerprint density at radius 1 is 1.29 bits per heavy atom. The van der Waals surface area contributed by atoms with E-state index in [1.165, 1.54) is 18.4 Å². The highest BCUT2D eigenvalue weighted by atomic mass is 35.5. The summed E-state index contributed by atoms with van der Waals surface area (Å²) < 4.78 is 0. The maximum atomic E-state index is 12.0. The van der Waals surface area contributed by atoms with Crippen molar-refractivity contribution < 1.29 is 9.59 Å². The zero-order valence-electron chi connectivity index (χ0n) is 13.8. The number of urea groups is 1. The molecule has 6 heteroatoms. The van der Waals surface area contributed by atoms with Crippen molar-refractivity contribution in [2.24, 2.45) is 5.92 Å². The minimum atomic E-state index is -0.482. The minimum absolute atomic E-state index is 0.228. The van der Waals surface area contributed by atoms with E-state index in [1.807, 2.05) is 24.3 Å². The van der Waals surface area contributed by atoms with Gasteiger partial charge in [0.05, 0.1) is 6.54 Å². The molecule has 130 valence electrons. The Labute approximate surface area is 148 Å². The summed E-state index contributed by atoms with van der Waals surface area (Å²) >= 11 is 5.90. The van der Waals surface area contributed by atoms with Gasteiger partial charge in [-0.1, -0.05) is 29.8 Å². The Morgan fingerprint density at radius 2 is 2.00 bits per heavy atom. The molecule has 2 rings (SSSR count). The number of nitrogens with one attached hydrogen (secondary N) is 2. The third-order valence-corrected chi connectivity index (χ3v) is 4.12. The highest BCUT2D eigenvalue weighted by molar-refractivity contribution is 6.30. The first kappa shape index (κ1) is 18.5. The second-order valence-electron chi connectivity index (χ2n) is 6.10. The van der Waals surface area contributed by atoms with Crippen LogP contribution < -0.4 is 10.6 Å². The van der Waals surface area contributed by atoms with Crippen LogP contribution in [0.15, 0.2) is 36.9 Å². The first-order chi connectivity index (χ1) is 11.6. The zero-order chi connectivity index (χ0) is 17.4. The van der Waals surface area contributed by atoms with Crippen LogP contribution in [0.4, 0.5) is 4.79 Å². The summed E-state index contributed by atoms with van der Waals surface area (Å²) in [5, 5.41) is 5.60. The predicted molar refractivity (Wildman–Crippen MR) is 96.1 cm³/mol. The van der Waals surface area contributed by atoms with Crippen molar-refractivity contribution >= 4 is 23.5 Å². The van der Waals surface area contributed by atoms with Crippen molar-refractivity contribution in [3.63, 3.8) is 0 Å². The summed E-state index contributed by atoms with van der Waals surface area (Å²) in [7, 11) is 0. The maximum absolute atomic E-state index is 12.0. The molecule has 0 unspecified atom stereocenters. The van der Waals surface area contributed by atoms with Crippen molar-refractivity contribution in [1.29, 1.82) is 0 Å². The number of hydrogen-bond donors (Lipinski definition) is 2. The predicted octanol–water partition coefficient (Wildman–Crippen LogP) is 2.61. The molecule has 0 aliphatic heterocycles. The molecule has 0 radical (unpaired) electrons. The van der Waals surface area contributed by atoms with Crippen molar-refractivity contribution in [1.82, 2.24) is 15.5 Å². The monoisotopic (exact) mass is 349 g/mol. The molecule has 24 heavy (non-hydrogen) atoms. The molecule has 1 aromatic rings. The van der Waals surface area contributed by atoms with Crippen LogP contribution in [0.5, 0.6) is 0 Å². The number of rotatable bonds is 9. The SMILES string of the molecule is C=CCNC(=O)NC(=O)CN(CCc1ccc(Cl)cc1)CC1CC1. The lowest BCUT2D eigenvalue weighted by atomic mass is 10.1. The Balaban J connectivity index is 1.80. The third-order valence-electron chi connectivity index (χ3n) is 3.87. The van der Waals surface area contributed by atoms with Crippen LogP contribution >= 0.6 is 11.6 Å². The largest absolute Gasteiger partial charge is 0.334 e. The Morgan fingerprint density at radius 3 is 2.62 bits per heavy atom. The van der Waals surface area contributed by atoms with E-state index in [2.05, 4.69) is 22.1 Å². The summed E-state index contributed by atoms with van der Waals surface area (Å²) in [5.74, 6) is 0.394. The molecule has 0 heterocycles. The number of benzene rings is 1. The molecule has 1 aliphatic rings. The van der Waals surface area contributed by atoms with Gasteiger partial charge >= 0.3 is 6.03 Å². The second-order valence-corrected chi connectivity index (χ2v) is 6.54. The molecule has 0 aromatic heterocycles. The molecule has 1 saturated carbocycles. The van der Waals surface area contributed by atoms with Gasteiger partial charge < -0.3 is 5.32 Å². The number of carbonyl (C=O) groups is 2. The van der Waals surface area contributed by atoms with Crippen LogP contribution in [0.2, 0.25) is 5.02 Å². The first-order valence-electron chi connectivity index (χ1n) is 8.22. The van der Waals surface area contributed by atoms with Gasteiger partial charge in [-0.25, -0.2) is 4.79 Å². The van der Waals surface area contributed by atoms with Gasteiger partial charge in [-0.05, 0) is 42.9 Å². The number of imide groups is 1. The lowest BCUT2D eigenvalue weighted by molar-refractivity contribution is -0.121. The second kappa shape index (κ2) is 9.45. The van der Waals surface area contributed by atoms with Crippen LogP contribution in [-0.2, 0) is 11.2 Å². The number of halogens is 1. The number of nitrogens with zero attached hydrogens (tertiary/aromatic N) is 1. The summed E-state index contributed by atoms with van der Waals surface area (Å²) in [6, 6.07) is 7.27. The van der Waals surface area contributed by atoms with E-state index in [9.17, 15) is 9.59 Å². The molecule has 5 nitrogen and oxygen atoms in total. The Hall–Kier alpha value is -1.85.